The van der Waals surface area contributed by atoms with Gasteiger partial charge in [0.2, 0.25) is 0 Å². The number of fused-ring (bicyclic) bond motifs is 1. The summed E-state index contributed by atoms with van der Waals surface area (Å²) in [5, 5.41) is 23.0. The van der Waals surface area contributed by atoms with Crippen LogP contribution in [0.1, 0.15) is 101 Å². The number of pyridine rings is 1. The van der Waals surface area contributed by atoms with E-state index in [4.69, 9.17) is 37.9 Å². The molecule has 0 spiro atoms. The summed E-state index contributed by atoms with van der Waals surface area (Å²) >= 11 is 0. The van der Waals surface area contributed by atoms with Gasteiger partial charge in [-0.25, -0.2) is 0 Å². The quantitative estimate of drug-likeness (QED) is 0.204. The zero-order valence-electron chi connectivity index (χ0n) is 39.4. The van der Waals surface area contributed by atoms with Gasteiger partial charge in [0.05, 0.1) is 60.4 Å². The fourth-order valence-electron chi connectivity index (χ4n) is 10.7. The lowest BCUT2D eigenvalue weighted by Crippen LogP contribution is -2.61. The summed E-state index contributed by atoms with van der Waals surface area (Å²) in [7, 11) is 5.36. The van der Waals surface area contributed by atoms with Crippen molar-refractivity contribution in [3.63, 3.8) is 0 Å². The van der Waals surface area contributed by atoms with Crippen molar-refractivity contribution >= 4 is 17.8 Å². The molecule has 5 rings (SSSR count). The molecule has 0 amide bonds. The molecular weight excluding hydrogens is 797 g/mol. The van der Waals surface area contributed by atoms with E-state index in [9.17, 15) is 19.8 Å². The van der Waals surface area contributed by atoms with E-state index in [0.29, 0.717) is 12.8 Å². The first-order chi connectivity index (χ1) is 29.1. The Morgan fingerprint density at radius 1 is 0.984 bits per heavy atom. The molecule has 0 aromatic carbocycles. The number of aliphatic hydroxyl groups is 2. The highest BCUT2D eigenvalue weighted by Crippen LogP contribution is 2.47. The number of hydrogen-bond donors (Lipinski definition) is 2. The molecule has 5 heterocycles. The number of ketones is 1. The lowest BCUT2D eigenvalue weighted by atomic mass is 9.69. The van der Waals surface area contributed by atoms with E-state index in [1.54, 1.807) is 27.0 Å². The van der Waals surface area contributed by atoms with E-state index >= 15 is 0 Å². The molecule has 4 fully saturated rings. The van der Waals surface area contributed by atoms with Crippen molar-refractivity contribution in [1.82, 2.24) is 9.88 Å². The number of methoxy groups -OCH3 is 1. The third kappa shape index (κ3) is 10.7. The maximum absolute atomic E-state index is 14.9. The number of rotatable bonds is 11. The molecule has 0 saturated carbocycles. The highest BCUT2D eigenvalue weighted by molar-refractivity contribution is 5.84. The Labute approximate surface area is 370 Å². The molecule has 1 aromatic rings. The Bertz CT molecular complexity index is 1700. The van der Waals surface area contributed by atoms with Crippen LogP contribution in [0.15, 0.2) is 42.6 Å². The van der Waals surface area contributed by atoms with Crippen LogP contribution in [-0.2, 0) is 47.5 Å². The lowest BCUT2D eigenvalue weighted by molar-refractivity contribution is -0.320. The molecule has 0 bridgehead atoms. The first-order valence-electron chi connectivity index (χ1n) is 22.6. The topological polar surface area (TPSA) is 165 Å². The molecule has 14 nitrogen and oxygen atoms in total. The second-order valence-electron chi connectivity index (χ2n) is 19.3. The minimum absolute atomic E-state index is 0.0187. The number of carbonyl (C=O) groups is 2. The molecule has 0 aliphatic carbocycles. The summed E-state index contributed by atoms with van der Waals surface area (Å²) in [6.45, 7) is 23.5. The Morgan fingerprint density at radius 3 is 2.32 bits per heavy atom. The number of ether oxygens (including phenoxy) is 8. The SMILES string of the molecule is C=C1CO[C@]2(C)[C@@H](CC)OC(=O)[C@H](C)[C@@H](OC3C[C@@](C)(OC)[C@@H](O)[C@H](C)O3)[C@H](C)[C@@H](O[C@@H]3O[C@H](C)C[C@H](N(C)C)[C@H]3O)[C@](C)(OC/C=C/c3ccccn3)C[C@@H](C)C(=O)C(C)[C@H]12. The molecule has 2 unspecified atom stereocenters. The highest BCUT2D eigenvalue weighted by Gasteiger charge is 2.57. The second kappa shape index (κ2) is 20.7. The molecule has 4 aliphatic heterocycles. The fraction of sp³-hybridized carbons (Fsp3) is 0.771. The van der Waals surface area contributed by atoms with Gasteiger partial charge in [-0.2, -0.15) is 0 Å². The van der Waals surface area contributed by atoms with E-state index in [0.717, 1.165) is 11.3 Å². The average molecular weight is 873 g/mol. The van der Waals surface area contributed by atoms with E-state index in [2.05, 4.69) is 11.6 Å². The summed E-state index contributed by atoms with van der Waals surface area (Å²) < 4.78 is 52.6. The van der Waals surface area contributed by atoms with E-state index in [1.165, 1.54) is 7.11 Å². The van der Waals surface area contributed by atoms with Crippen LogP contribution in [0.25, 0.3) is 6.08 Å². The van der Waals surface area contributed by atoms with E-state index in [1.807, 2.05) is 97.8 Å². The largest absolute Gasteiger partial charge is 0.459 e. The van der Waals surface area contributed by atoms with Crippen LogP contribution in [-0.4, -0.2) is 144 Å². The molecule has 4 aliphatic rings. The minimum Gasteiger partial charge on any atom is -0.459 e. The van der Waals surface area contributed by atoms with Gasteiger partial charge in [0, 0.05) is 49.4 Å². The fourth-order valence-corrected chi connectivity index (χ4v) is 10.7. The molecule has 350 valence electrons. The van der Waals surface area contributed by atoms with Gasteiger partial charge in [-0.1, -0.05) is 46.4 Å². The molecule has 1 aromatic heterocycles. The smallest absolute Gasteiger partial charge is 0.311 e. The van der Waals surface area contributed by atoms with Gasteiger partial charge in [-0.15, -0.1) is 0 Å². The minimum atomic E-state index is -1.27. The van der Waals surface area contributed by atoms with Crippen molar-refractivity contribution < 1.29 is 57.7 Å². The maximum Gasteiger partial charge on any atom is 0.311 e. The predicted octanol–water partition coefficient (Wildman–Crippen LogP) is 5.77. The Morgan fingerprint density at radius 2 is 1.69 bits per heavy atom. The number of Topliss-reactive ketones (excluding diaryl/α,β-unsaturated/α-hetero) is 1. The average Bonchev–Trinajstić information content (AvgIpc) is 3.54. The van der Waals surface area contributed by atoms with Crippen molar-refractivity contribution in [2.45, 2.75) is 173 Å². The first kappa shape index (κ1) is 50.4. The Hall–Kier alpha value is -2.63. The molecular formula is C48H76N2O12. The standard InChI is InChI=1S/C48H76N2O12/c1-15-36-48(11)38(28(3)26-57-48)30(5)39(51)27(2)24-47(10,56-22-18-20-34-19-16-17-21-49-34)43(62-45-40(52)35(50(12)13)23-29(4)58-45)31(6)41(32(7)44(54)60-36)61-37-25-46(9,55-14)42(53)33(8)59-37/h16-21,27,29-33,35-38,40-43,45,52-53H,3,15,22-26H2,1-2,4-14H3/b20-18+/t27-,29-,30?,31+,32-,33+,35+,36-,37?,38+,40-,41+,42+,43-,45+,46-,47-,48-/m1/s1. The number of nitrogens with zero attached hydrogens (tertiary/aromatic N) is 2. The number of cyclic esters (lactones) is 1. The summed E-state index contributed by atoms with van der Waals surface area (Å²) in [4.78, 5) is 36.0. The summed E-state index contributed by atoms with van der Waals surface area (Å²) in [6, 6.07) is 5.36. The van der Waals surface area contributed by atoms with Crippen LogP contribution < -0.4 is 0 Å². The molecule has 4 saturated heterocycles. The van der Waals surface area contributed by atoms with Gasteiger partial charge >= 0.3 is 5.97 Å². The summed E-state index contributed by atoms with van der Waals surface area (Å²) in [6.07, 6.45) is -0.820. The summed E-state index contributed by atoms with van der Waals surface area (Å²) in [5.41, 5.74) is -1.81. The molecule has 2 N–H and O–H groups in total. The lowest BCUT2D eigenvalue weighted by Gasteiger charge is -2.50. The van der Waals surface area contributed by atoms with Gasteiger partial charge in [0.25, 0.3) is 0 Å². The van der Waals surface area contributed by atoms with Crippen LogP contribution >= 0.6 is 0 Å². The second-order valence-corrected chi connectivity index (χ2v) is 19.3. The molecule has 62 heavy (non-hydrogen) atoms. The van der Waals surface area contributed by atoms with Gasteiger partial charge in [0.15, 0.2) is 12.6 Å². The zero-order valence-corrected chi connectivity index (χ0v) is 39.4. The number of hydrogen-bond acceptors (Lipinski definition) is 14. The number of likely N-dealkylation sites (N-methyl/N-ethyl adjacent to an activating group) is 1. The van der Waals surface area contributed by atoms with Gasteiger partial charge in [-0.05, 0) is 98.7 Å². The van der Waals surface area contributed by atoms with Crippen LogP contribution in [0.3, 0.4) is 0 Å². The maximum atomic E-state index is 14.9. The van der Waals surface area contributed by atoms with E-state index < -0.39 is 102 Å². The van der Waals surface area contributed by atoms with Crippen LogP contribution in [0.5, 0.6) is 0 Å². The van der Waals surface area contributed by atoms with Crippen LogP contribution in [0.4, 0.5) is 0 Å². The third-order valence-electron chi connectivity index (χ3n) is 14.3. The first-order valence-corrected chi connectivity index (χ1v) is 22.6. The highest BCUT2D eigenvalue weighted by atomic mass is 16.7. The van der Waals surface area contributed by atoms with Crippen molar-refractivity contribution in [3.8, 4) is 0 Å². The van der Waals surface area contributed by atoms with Crippen molar-refractivity contribution in [3.05, 3.63) is 48.3 Å². The molecule has 14 heteroatoms. The molecule has 18 atom stereocenters. The Balaban J connectivity index is 1.68. The normalized spacial score (nSPS) is 44.0. The number of aromatic nitrogens is 1. The van der Waals surface area contributed by atoms with Crippen LogP contribution in [0, 0.1) is 29.6 Å². The monoisotopic (exact) mass is 873 g/mol. The number of aliphatic hydroxyl groups excluding tert-OH is 2. The van der Waals surface area contributed by atoms with Gasteiger partial charge < -0.3 is 53.0 Å². The molecule has 0 radical (unpaired) electrons. The van der Waals surface area contributed by atoms with E-state index in [-0.39, 0.29) is 44.0 Å². The number of carbonyl (C=O) groups excluding carboxylic acids is 2. The Kier molecular flexibility index (Phi) is 16.8. The van der Waals surface area contributed by atoms with Crippen molar-refractivity contribution in [1.29, 1.82) is 0 Å². The number of esters is 1. The van der Waals surface area contributed by atoms with Gasteiger partial charge in [0.1, 0.15) is 29.7 Å². The van der Waals surface area contributed by atoms with Crippen molar-refractivity contribution in [2.24, 2.45) is 29.6 Å². The predicted molar refractivity (Wildman–Crippen MR) is 234 cm³/mol. The van der Waals surface area contributed by atoms with Crippen molar-refractivity contribution in [2.75, 3.05) is 34.4 Å². The zero-order chi connectivity index (χ0) is 45.9. The van der Waals surface area contributed by atoms with Crippen LogP contribution in [0.2, 0.25) is 0 Å². The third-order valence-corrected chi connectivity index (χ3v) is 14.3. The van der Waals surface area contributed by atoms with Gasteiger partial charge in [-0.3, -0.25) is 14.6 Å². The summed E-state index contributed by atoms with van der Waals surface area (Å²) in [5.74, 6) is -3.73.